The molecule has 0 aliphatic carbocycles. The number of nitrogens with zero attached hydrogens (tertiary/aromatic N) is 1. The van der Waals surface area contributed by atoms with E-state index in [1.165, 1.54) is 6.07 Å². The summed E-state index contributed by atoms with van der Waals surface area (Å²) in [7, 11) is 0. The molecule has 1 aromatic carbocycles. The monoisotopic (exact) mass is 281 g/mol. The number of amides is 1. The van der Waals surface area contributed by atoms with Gasteiger partial charge in [-0.2, -0.15) is 0 Å². The SMILES string of the molecule is CC(C)(C)OC(=O)NC[C@H](N)c1ccccc1[N+](=O)[O-]. The Bertz CT molecular complexity index is 497. The quantitative estimate of drug-likeness (QED) is 0.649. The van der Waals surface area contributed by atoms with Crippen LogP contribution in [0.25, 0.3) is 0 Å². The van der Waals surface area contributed by atoms with Gasteiger partial charge in [-0.1, -0.05) is 18.2 Å². The summed E-state index contributed by atoms with van der Waals surface area (Å²) in [6.07, 6.45) is -0.605. The van der Waals surface area contributed by atoms with Crippen molar-refractivity contribution in [3.63, 3.8) is 0 Å². The molecule has 0 saturated carbocycles. The molecule has 7 heteroatoms. The molecule has 1 rings (SSSR count). The van der Waals surface area contributed by atoms with Crippen LogP contribution in [-0.2, 0) is 4.74 Å². The van der Waals surface area contributed by atoms with Crippen molar-refractivity contribution in [2.75, 3.05) is 6.54 Å². The number of hydrogen-bond donors (Lipinski definition) is 2. The molecule has 0 aromatic heterocycles. The number of carbonyl (C=O) groups excluding carboxylic acids is 1. The first-order chi connectivity index (χ1) is 9.20. The Morgan fingerprint density at radius 1 is 1.45 bits per heavy atom. The predicted molar refractivity (Wildman–Crippen MR) is 74.3 cm³/mol. The Morgan fingerprint density at radius 2 is 2.05 bits per heavy atom. The van der Waals surface area contributed by atoms with Crippen LogP contribution < -0.4 is 11.1 Å². The maximum absolute atomic E-state index is 11.5. The van der Waals surface area contributed by atoms with Gasteiger partial charge in [-0.25, -0.2) is 4.79 Å². The Balaban J connectivity index is 2.66. The molecule has 0 saturated heterocycles. The number of nitro groups is 1. The van der Waals surface area contributed by atoms with Crippen LogP contribution in [0.3, 0.4) is 0 Å². The van der Waals surface area contributed by atoms with E-state index in [9.17, 15) is 14.9 Å². The van der Waals surface area contributed by atoms with Gasteiger partial charge >= 0.3 is 6.09 Å². The van der Waals surface area contributed by atoms with Crippen molar-refractivity contribution in [1.82, 2.24) is 5.32 Å². The Hall–Kier alpha value is -2.15. The van der Waals surface area contributed by atoms with Gasteiger partial charge in [0, 0.05) is 18.2 Å². The van der Waals surface area contributed by atoms with E-state index in [-0.39, 0.29) is 12.2 Å². The molecule has 0 aliphatic heterocycles. The van der Waals surface area contributed by atoms with Crippen molar-refractivity contribution in [2.24, 2.45) is 5.73 Å². The number of nitrogens with two attached hydrogens (primary N) is 1. The third kappa shape index (κ3) is 4.85. The maximum Gasteiger partial charge on any atom is 0.407 e. The number of nitro benzene ring substituents is 1. The van der Waals surface area contributed by atoms with E-state index in [2.05, 4.69) is 5.32 Å². The zero-order valence-corrected chi connectivity index (χ0v) is 11.8. The van der Waals surface area contributed by atoms with Crippen LogP contribution >= 0.6 is 0 Å². The van der Waals surface area contributed by atoms with Gasteiger partial charge in [-0.15, -0.1) is 0 Å². The van der Waals surface area contributed by atoms with Gasteiger partial charge < -0.3 is 15.8 Å². The van der Waals surface area contributed by atoms with Crippen molar-refractivity contribution in [3.8, 4) is 0 Å². The number of benzene rings is 1. The summed E-state index contributed by atoms with van der Waals surface area (Å²) in [5.41, 5.74) is 5.57. The summed E-state index contributed by atoms with van der Waals surface area (Å²) < 4.78 is 5.06. The standard InChI is InChI=1S/C13H19N3O4/c1-13(2,3)20-12(17)15-8-10(14)9-6-4-5-7-11(9)16(18)19/h4-7,10H,8,14H2,1-3H3,(H,15,17)/t10-/m0/s1. The molecule has 1 amide bonds. The molecule has 20 heavy (non-hydrogen) atoms. The van der Waals surface area contributed by atoms with Crippen LogP contribution in [0.15, 0.2) is 24.3 Å². The fourth-order valence-electron chi connectivity index (χ4n) is 1.58. The number of hydrogen-bond acceptors (Lipinski definition) is 5. The van der Waals surface area contributed by atoms with Gasteiger partial charge in [0.15, 0.2) is 0 Å². The molecule has 0 radical (unpaired) electrons. The number of para-hydroxylation sites is 1. The summed E-state index contributed by atoms with van der Waals surface area (Å²) in [6.45, 7) is 5.29. The number of ether oxygens (including phenoxy) is 1. The second kappa shape index (κ2) is 6.33. The van der Waals surface area contributed by atoms with Crippen LogP contribution in [0.5, 0.6) is 0 Å². The molecule has 0 bridgehead atoms. The van der Waals surface area contributed by atoms with Gasteiger partial charge in [0.05, 0.1) is 11.0 Å². The van der Waals surface area contributed by atoms with Crippen molar-refractivity contribution in [2.45, 2.75) is 32.4 Å². The molecule has 0 unspecified atom stereocenters. The van der Waals surface area contributed by atoms with Gasteiger partial charge in [0.1, 0.15) is 5.60 Å². The smallest absolute Gasteiger partial charge is 0.407 e. The molecule has 0 spiro atoms. The van der Waals surface area contributed by atoms with E-state index in [4.69, 9.17) is 10.5 Å². The Labute approximate surface area is 117 Å². The lowest BCUT2D eigenvalue weighted by Crippen LogP contribution is -2.36. The zero-order chi connectivity index (χ0) is 15.3. The molecule has 7 nitrogen and oxygen atoms in total. The lowest BCUT2D eigenvalue weighted by molar-refractivity contribution is -0.385. The van der Waals surface area contributed by atoms with E-state index >= 15 is 0 Å². The molecule has 0 aliphatic rings. The van der Waals surface area contributed by atoms with Crippen molar-refractivity contribution in [3.05, 3.63) is 39.9 Å². The van der Waals surface area contributed by atoms with Gasteiger partial charge in [-0.3, -0.25) is 10.1 Å². The summed E-state index contributed by atoms with van der Waals surface area (Å²) >= 11 is 0. The highest BCUT2D eigenvalue weighted by atomic mass is 16.6. The third-order valence-electron chi connectivity index (χ3n) is 2.40. The molecular weight excluding hydrogens is 262 g/mol. The Morgan fingerprint density at radius 3 is 2.60 bits per heavy atom. The molecular formula is C13H19N3O4. The lowest BCUT2D eigenvalue weighted by atomic mass is 10.1. The van der Waals surface area contributed by atoms with E-state index in [0.717, 1.165) is 0 Å². The fourth-order valence-corrected chi connectivity index (χ4v) is 1.58. The molecule has 1 aromatic rings. The van der Waals surface area contributed by atoms with Gasteiger partial charge in [0.2, 0.25) is 0 Å². The molecule has 0 heterocycles. The second-order valence-electron chi connectivity index (χ2n) is 5.31. The molecule has 110 valence electrons. The maximum atomic E-state index is 11.5. The number of carbonyl (C=O) groups is 1. The zero-order valence-electron chi connectivity index (χ0n) is 11.8. The van der Waals surface area contributed by atoms with Crippen LogP contribution in [0.4, 0.5) is 10.5 Å². The first-order valence-electron chi connectivity index (χ1n) is 6.16. The van der Waals surface area contributed by atoms with Crippen LogP contribution in [-0.4, -0.2) is 23.2 Å². The summed E-state index contributed by atoms with van der Waals surface area (Å²) in [5.74, 6) is 0. The minimum Gasteiger partial charge on any atom is -0.444 e. The van der Waals surface area contributed by atoms with Crippen LogP contribution in [0.1, 0.15) is 32.4 Å². The highest BCUT2D eigenvalue weighted by Crippen LogP contribution is 2.22. The summed E-state index contributed by atoms with van der Waals surface area (Å²) in [5, 5.41) is 13.4. The Kier molecular flexibility index (Phi) is 5.04. The van der Waals surface area contributed by atoms with Crippen LogP contribution in [0, 0.1) is 10.1 Å². The number of rotatable bonds is 4. The highest BCUT2D eigenvalue weighted by molar-refractivity contribution is 5.67. The van der Waals surface area contributed by atoms with Crippen LogP contribution in [0.2, 0.25) is 0 Å². The van der Waals surface area contributed by atoms with Crippen molar-refractivity contribution >= 4 is 11.8 Å². The number of alkyl carbamates (subject to hydrolysis) is 1. The fraction of sp³-hybridized carbons (Fsp3) is 0.462. The minimum absolute atomic E-state index is 0.0553. The predicted octanol–water partition coefficient (Wildman–Crippen LogP) is 2.12. The average molecular weight is 281 g/mol. The van der Waals surface area contributed by atoms with Crippen molar-refractivity contribution in [1.29, 1.82) is 0 Å². The van der Waals surface area contributed by atoms with E-state index in [0.29, 0.717) is 5.56 Å². The first-order valence-corrected chi connectivity index (χ1v) is 6.16. The van der Waals surface area contributed by atoms with Gasteiger partial charge in [-0.05, 0) is 20.8 Å². The highest BCUT2D eigenvalue weighted by Gasteiger charge is 2.20. The molecule has 0 fully saturated rings. The van der Waals surface area contributed by atoms with Gasteiger partial charge in [0.25, 0.3) is 5.69 Å². The minimum atomic E-state index is -0.677. The van der Waals surface area contributed by atoms with E-state index < -0.39 is 22.7 Å². The van der Waals surface area contributed by atoms with E-state index in [1.54, 1.807) is 39.0 Å². The number of nitrogens with one attached hydrogen (secondary N) is 1. The van der Waals surface area contributed by atoms with Crippen molar-refractivity contribution < 1.29 is 14.5 Å². The van der Waals surface area contributed by atoms with E-state index in [1.807, 2.05) is 0 Å². The molecule has 3 N–H and O–H groups in total. The molecule has 1 atom stereocenters. The largest absolute Gasteiger partial charge is 0.444 e. The summed E-state index contributed by atoms with van der Waals surface area (Å²) in [4.78, 5) is 21.9. The normalized spacial score (nSPS) is 12.6. The lowest BCUT2D eigenvalue weighted by Gasteiger charge is -2.20. The average Bonchev–Trinajstić information content (AvgIpc) is 2.33. The first kappa shape index (κ1) is 15.9. The third-order valence-corrected chi connectivity index (χ3v) is 2.40. The topological polar surface area (TPSA) is 107 Å². The summed E-state index contributed by atoms with van der Waals surface area (Å²) in [6, 6.07) is 5.50. The second-order valence-corrected chi connectivity index (χ2v) is 5.31.